The van der Waals surface area contributed by atoms with Crippen molar-refractivity contribution in [2.24, 2.45) is 0 Å². The highest BCUT2D eigenvalue weighted by atomic mass is 32.2. The molecule has 35 heavy (non-hydrogen) atoms. The Kier molecular flexibility index (Phi) is 8.62. The van der Waals surface area contributed by atoms with Gasteiger partial charge in [-0.3, -0.25) is 4.79 Å². The number of nitrogens with one attached hydrogen (secondary N) is 1. The fourth-order valence-corrected chi connectivity index (χ4v) is 6.29. The lowest BCUT2D eigenvalue weighted by Gasteiger charge is -2.26. The van der Waals surface area contributed by atoms with Crippen molar-refractivity contribution in [1.82, 2.24) is 4.31 Å². The average Bonchev–Trinajstić information content (AvgIpc) is 3.11. The van der Waals surface area contributed by atoms with Gasteiger partial charge >= 0.3 is 11.9 Å². The zero-order valence-electron chi connectivity index (χ0n) is 19.7. The number of carbonyl (C=O) groups is 3. The number of thiophene rings is 1. The Morgan fingerprint density at radius 2 is 1.77 bits per heavy atom. The zero-order valence-corrected chi connectivity index (χ0v) is 21.3. The van der Waals surface area contributed by atoms with Crippen LogP contribution in [0, 0.1) is 19.7 Å². The molecule has 12 heteroatoms. The van der Waals surface area contributed by atoms with Crippen LogP contribution in [-0.4, -0.2) is 56.9 Å². The van der Waals surface area contributed by atoms with E-state index < -0.39 is 45.2 Å². The SMILES string of the molecule is CCOC(=O)c1c(NC(=O)COC(=O)c2ccc(F)c(S(=O)(=O)N3CCCCC3)c2)sc(C)c1C. The lowest BCUT2D eigenvalue weighted by atomic mass is 10.1. The summed E-state index contributed by atoms with van der Waals surface area (Å²) in [5, 5.41) is 2.82. The molecule has 0 atom stereocenters. The van der Waals surface area contributed by atoms with Gasteiger partial charge in [0.15, 0.2) is 6.61 Å². The molecule has 9 nitrogen and oxygen atoms in total. The third kappa shape index (κ3) is 6.06. The normalized spacial score (nSPS) is 14.4. The number of hydrogen-bond donors (Lipinski definition) is 1. The number of aryl methyl sites for hydroxylation is 1. The zero-order chi connectivity index (χ0) is 25.8. The highest BCUT2D eigenvalue weighted by Gasteiger charge is 2.30. The van der Waals surface area contributed by atoms with E-state index in [-0.39, 0.29) is 35.8 Å². The number of piperidine rings is 1. The van der Waals surface area contributed by atoms with Crippen molar-refractivity contribution in [2.75, 3.05) is 31.6 Å². The molecular formula is C23H27FN2O7S2. The quantitative estimate of drug-likeness (QED) is 0.522. The fraction of sp³-hybridized carbons (Fsp3) is 0.435. The third-order valence-electron chi connectivity index (χ3n) is 5.55. The number of sulfonamides is 1. The number of halogens is 1. The summed E-state index contributed by atoms with van der Waals surface area (Å²) in [6.07, 6.45) is 2.26. The van der Waals surface area contributed by atoms with Crippen LogP contribution in [0.2, 0.25) is 0 Å². The molecule has 1 aromatic heterocycles. The van der Waals surface area contributed by atoms with Gasteiger partial charge in [0.1, 0.15) is 15.7 Å². The summed E-state index contributed by atoms with van der Waals surface area (Å²) < 4.78 is 51.3. The van der Waals surface area contributed by atoms with E-state index in [1.165, 1.54) is 15.6 Å². The van der Waals surface area contributed by atoms with Crippen molar-refractivity contribution < 1.29 is 36.7 Å². The van der Waals surface area contributed by atoms with E-state index in [0.29, 0.717) is 18.4 Å². The Labute approximate surface area is 207 Å². The molecule has 1 aromatic carbocycles. The van der Waals surface area contributed by atoms with Gasteiger partial charge in [0.2, 0.25) is 10.0 Å². The predicted octanol–water partition coefficient (Wildman–Crippen LogP) is 3.65. The van der Waals surface area contributed by atoms with Crippen LogP contribution in [-0.2, 0) is 24.3 Å². The van der Waals surface area contributed by atoms with Gasteiger partial charge in [0.05, 0.1) is 17.7 Å². The summed E-state index contributed by atoms with van der Waals surface area (Å²) in [5.74, 6) is -3.23. The molecule has 1 fully saturated rings. The number of amides is 1. The van der Waals surface area contributed by atoms with Crippen molar-refractivity contribution >= 4 is 44.2 Å². The van der Waals surface area contributed by atoms with Crippen LogP contribution in [0.5, 0.6) is 0 Å². The molecule has 0 spiro atoms. The molecule has 0 aliphatic carbocycles. The fourth-order valence-electron chi connectivity index (χ4n) is 3.61. The first kappa shape index (κ1) is 26.8. The molecule has 0 unspecified atom stereocenters. The summed E-state index contributed by atoms with van der Waals surface area (Å²) in [5.41, 5.74) is 0.708. The lowest BCUT2D eigenvalue weighted by molar-refractivity contribution is -0.119. The summed E-state index contributed by atoms with van der Waals surface area (Å²) in [7, 11) is -4.11. The molecule has 1 saturated heterocycles. The molecular weight excluding hydrogens is 499 g/mol. The Morgan fingerprint density at radius 3 is 2.43 bits per heavy atom. The van der Waals surface area contributed by atoms with Gasteiger partial charge in [0, 0.05) is 18.0 Å². The van der Waals surface area contributed by atoms with Gasteiger partial charge in [-0.25, -0.2) is 22.4 Å². The lowest BCUT2D eigenvalue weighted by Crippen LogP contribution is -2.36. The monoisotopic (exact) mass is 526 g/mol. The Morgan fingerprint density at radius 1 is 1.09 bits per heavy atom. The number of hydrogen-bond acceptors (Lipinski definition) is 8. The minimum Gasteiger partial charge on any atom is -0.462 e. The van der Waals surface area contributed by atoms with Crippen LogP contribution < -0.4 is 5.32 Å². The second kappa shape index (κ2) is 11.3. The summed E-state index contributed by atoms with van der Waals surface area (Å²) in [4.78, 5) is 37.3. The molecule has 0 radical (unpaired) electrons. The molecule has 190 valence electrons. The Hall–Kier alpha value is -2.83. The minimum absolute atomic E-state index is 0.172. The maximum absolute atomic E-state index is 14.4. The van der Waals surface area contributed by atoms with Crippen molar-refractivity contribution in [3.05, 3.63) is 45.6 Å². The van der Waals surface area contributed by atoms with E-state index in [1.54, 1.807) is 20.8 Å². The van der Waals surface area contributed by atoms with Crippen LogP contribution in [0.3, 0.4) is 0 Å². The highest BCUT2D eigenvalue weighted by Crippen LogP contribution is 2.33. The van der Waals surface area contributed by atoms with E-state index >= 15 is 0 Å². The minimum atomic E-state index is -4.11. The van der Waals surface area contributed by atoms with Crippen LogP contribution in [0.4, 0.5) is 9.39 Å². The summed E-state index contributed by atoms with van der Waals surface area (Å²) in [6, 6.07) is 2.90. The van der Waals surface area contributed by atoms with Gasteiger partial charge < -0.3 is 14.8 Å². The van der Waals surface area contributed by atoms with Gasteiger partial charge in [-0.15, -0.1) is 11.3 Å². The second-order valence-electron chi connectivity index (χ2n) is 7.94. The standard InChI is InChI=1S/C23H27FN2O7S2/c1-4-32-23(29)20-14(2)15(3)34-21(20)25-19(27)13-33-22(28)16-8-9-17(24)18(12-16)35(30,31)26-10-6-5-7-11-26/h8-9,12H,4-7,10-11,13H2,1-3H3,(H,25,27). The van der Waals surface area contributed by atoms with Crippen molar-refractivity contribution in [3.63, 3.8) is 0 Å². The predicted molar refractivity (Wildman–Crippen MR) is 128 cm³/mol. The number of carbonyl (C=O) groups excluding carboxylic acids is 3. The van der Waals surface area contributed by atoms with E-state index in [2.05, 4.69) is 5.32 Å². The number of esters is 2. The third-order valence-corrected chi connectivity index (χ3v) is 8.59. The molecule has 2 heterocycles. The van der Waals surface area contributed by atoms with E-state index in [0.717, 1.165) is 29.5 Å². The summed E-state index contributed by atoms with van der Waals surface area (Å²) in [6.45, 7) is 5.25. The molecule has 1 aliphatic rings. The number of ether oxygens (including phenoxy) is 2. The van der Waals surface area contributed by atoms with Crippen molar-refractivity contribution in [3.8, 4) is 0 Å². The molecule has 0 saturated carbocycles. The van der Waals surface area contributed by atoms with Crippen molar-refractivity contribution in [2.45, 2.75) is 44.9 Å². The number of benzene rings is 1. The largest absolute Gasteiger partial charge is 0.462 e. The number of anilines is 1. The Balaban J connectivity index is 1.69. The summed E-state index contributed by atoms with van der Waals surface area (Å²) >= 11 is 1.19. The van der Waals surface area contributed by atoms with Gasteiger partial charge in [0.25, 0.3) is 5.91 Å². The van der Waals surface area contributed by atoms with E-state index in [1.807, 2.05) is 0 Å². The van der Waals surface area contributed by atoms with E-state index in [9.17, 15) is 27.2 Å². The van der Waals surface area contributed by atoms with Crippen LogP contribution in [0.15, 0.2) is 23.1 Å². The first-order valence-electron chi connectivity index (χ1n) is 11.1. The maximum Gasteiger partial charge on any atom is 0.341 e. The number of nitrogens with zero attached hydrogens (tertiary/aromatic N) is 1. The molecule has 1 aliphatic heterocycles. The first-order chi connectivity index (χ1) is 16.6. The second-order valence-corrected chi connectivity index (χ2v) is 11.1. The smallest absolute Gasteiger partial charge is 0.341 e. The van der Waals surface area contributed by atoms with Crippen LogP contribution in [0.25, 0.3) is 0 Å². The molecule has 0 bridgehead atoms. The average molecular weight is 527 g/mol. The highest BCUT2D eigenvalue weighted by molar-refractivity contribution is 7.89. The van der Waals surface area contributed by atoms with Crippen LogP contribution >= 0.6 is 11.3 Å². The van der Waals surface area contributed by atoms with Crippen molar-refractivity contribution in [1.29, 1.82) is 0 Å². The number of rotatable bonds is 8. The molecule has 3 rings (SSSR count). The van der Waals surface area contributed by atoms with Gasteiger partial charge in [-0.2, -0.15) is 4.31 Å². The van der Waals surface area contributed by atoms with Gasteiger partial charge in [-0.1, -0.05) is 6.42 Å². The maximum atomic E-state index is 14.4. The topological polar surface area (TPSA) is 119 Å². The molecule has 1 N–H and O–H groups in total. The van der Waals surface area contributed by atoms with Crippen LogP contribution in [0.1, 0.15) is 57.3 Å². The Bertz CT molecular complexity index is 1230. The van der Waals surface area contributed by atoms with Gasteiger partial charge in [-0.05, 0) is 57.4 Å². The molecule has 1 amide bonds. The molecule has 2 aromatic rings. The first-order valence-corrected chi connectivity index (χ1v) is 13.4. The van der Waals surface area contributed by atoms with E-state index in [4.69, 9.17) is 9.47 Å².